The van der Waals surface area contributed by atoms with Gasteiger partial charge in [-0.15, -0.1) is 0 Å². The molecule has 1 amide bonds. The van der Waals surface area contributed by atoms with Crippen molar-refractivity contribution < 1.29 is 28.6 Å². The maximum absolute atomic E-state index is 13.9. The highest BCUT2D eigenvalue weighted by Gasteiger charge is 2.46. The van der Waals surface area contributed by atoms with Crippen molar-refractivity contribution in [1.29, 1.82) is 0 Å². The topological polar surface area (TPSA) is 76.1 Å². The second-order valence-electron chi connectivity index (χ2n) is 8.98. The van der Waals surface area contributed by atoms with E-state index >= 15 is 0 Å². The molecular formula is C29H28FNO5. The molecule has 4 rings (SSSR count). The van der Waals surface area contributed by atoms with E-state index in [9.17, 15) is 19.1 Å². The van der Waals surface area contributed by atoms with Crippen molar-refractivity contribution in [3.05, 3.63) is 100 Å². The van der Waals surface area contributed by atoms with Crippen LogP contribution < -0.4 is 9.47 Å². The largest absolute Gasteiger partial charge is 0.507 e. The molecule has 0 saturated carbocycles. The zero-order valence-corrected chi connectivity index (χ0v) is 20.6. The maximum atomic E-state index is 13.9. The lowest BCUT2D eigenvalue weighted by Crippen LogP contribution is -2.29. The molecule has 0 radical (unpaired) electrons. The van der Waals surface area contributed by atoms with E-state index in [1.54, 1.807) is 56.5 Å². The molecule has 3 aromatic rings. The number of ketones is 1. The third kappa shape index (κ3) is 4.96. The zero-order valence-electron chi connectivity index (χ0n) is 20.6. The van der Waals surface area contributed by atoms with Crippen molar-refractivity contribution >= 4 is 17.4 Å². The summed E-state index contributed by atoms with van der Waals surface area (Å²) in [5.74, 6) is -1.04. The lowest BCUT2D eigenvalue weighted by molar-refractivity contribution is -0.140. The Bertz CT molecular complexity index is 1330. The molecule has 3 aromatic carbocycles. The molecule has 0 spiro atoms. The summed E-state index contributed by atoms with van der Waals surface area (Å²) in [5.41, 5.74) is 1.92. The van der Waals surface area contributed by atoms with E-state index in [0.29, 0.717) is 22.6 Å². The van der Waals surface area contributed by atoms with Gasteiger partial charge < -0.3 is 19.5 Å². The first-order valence-electron chi connectivity index (χ1n) is 11.6. The minimum atomic E-state index is -0.852. The number of methoxy groups -OCH3 is 1. The third-order valence-electron chi connectivity index (χ3n) is 6.03. The van der Waals surface area contributed by atoms with Gasteiger partial charge in [0.2, 0.25) is 0 Å². The Hall–Kier alpha value is -4.13. The Labute approximate surface area is 209 Å². The highest BCUT2D eigenvalue weighted by atomic mass is 19.1. The summed E-state index contributed by atoms with van der Waals surface area (Å²) in [6.45, 7) is 5.53. The molecule has 1 heterocycles. The van der Waals surface area contributed by atoms with E-state index in [4.69, 9.17) is 9.47 Å². The van der Waals surface area contributed by atoms with Crippen LogP contribution in [0, 0.1) is 12.7 Å². The van der Waals surface area contributed by atoms with Crippen LogP contribution >= 0.6 is 0 Å². The molecule has 1 N–H and O–H groups in total. The standard InChI is InChI=1S/C29H28FNO5/c1-17(2)36-22-11-8-20(9-12-22)26-25(27(32)21-10-13-24(30)18(3)14-21)28(33)29(34)31(26)16-19-6-5-7-23(15-19)35-4/h5-15,17,26,32H,16H2,1-4H3/b27-25-. The van der Waals surface area contributed by atoms with Crippen LogP contribution in [0.1, 0.15) is 42.1 Å². The number of aliphatic hydroxyl groups is 1. The van der Waals surface area contributed by atoms with Crippen molar-refractivity contribution in [3.63, 3.8) is 0 Å². The highest BCUT2D eigenvalue weighted by molar-refractivity contribution is 6.46. The number of carbonyl (C=O) groups is 2. The van der Waals surface area contributed by atoms with Gasteiger partial charge >= 0.3 is 0 Å². The number of aliphatic hydroxyl groups excluding tert-OH is 1. The summed E-state index contributed by atoms with van der Waals surface area (Å²) < 4.78 is 24.9. The van der Waals surface area contributed by atoms with Gasteiger partial charge in [0.1, 0.15) is 23.1 Å². The fraction of sp³-hybridized carbons (Fsp3) is 0.241. The Morgan fingerprint density at radius 2 is 1.75 bits per heavy atom. The van der Waals surface area contributed by atoms with Crippen molar-refractivity contribution in [2.75, 3.05) is 7.11 Å². The number of hydrogen-bond donors (Lipinski definition) is 1. The monoisotopic (exact) mass is 489 g/mol. The highest BCUT2D eigenvalue weighted by Crippen LogP contribution is 2.41. The van der Waals surface area contributed by atoms with E-state index in [0.717, 1.165) is 5.56 Å². The number of halogens is 1. The molecule has 0 bridgehead atoms. The quantitative estimate of drug-likeness (QED) is 0.267. The summed E-state index contributed by atoms with van der Waals surface area (Å²) in [4.78, 5) is 27.9. The smallest absolute Gasteiger partial charge is 0.295 e. The van der Waals surface area contributed by atoms with Crippen molar-refractivity contribution in [2.24, 2.45) is 0 Å². The fourth-order valence-corrected chi connectivity index (χ4v) is 4.31. The van der Waals surface area contributed by atoms with Crippen LogP contribution in [0.4, 0.5) is 4.39 Å². The van der Waals surface area contributed by atoms with E-state index in [-0.39, 0.29) is 29.5 Å². The van der Waals surface area contributed by atoms with Gasteiger partial charge in [-0.1, -0.05) is 24.3 Å². The SMILES string of the molecule is COc1cccc(CN2C(=O)C(=O)/C(=C(\O)c3ccc(F)c(C)c3)C2c2ccc(OC(C)C)cc2)c1. The summed E-state index contributed by atoms with van der Waals surface area (Å²) in [6.07, 6.45) is -0.0173. The number of amides is 1. The number of hydrogen-bond acceptors (Lipinski definition) is 5. The van der Waals surface area contributed by atoms with Crippen LogP contribution in [0.3, 0.4) is 0 Å². The maximum Gasteiger partial charge on any atom is 0.295 e. The van der Waals surface area contributed by atoms with Crippen LogP contribution in [0.15, 0.2) is 72.3 Å². The molecule has 1 unspecified atom stereocenters. The first-order chi connectivity index (χ1) is 17.2. The molecule has 6 nitrogen and oxygen atoms in total. The van der Waals surface area contributed by atoms with Crippen LogP contribution in [-0.2, 0) is 16.1 Å². The lowest BCUT2D eigenvalue weighted by Gasteiger charge is -2.26. The predicted molar refractivity (Wildman–Crippen MR) is 134 cm³/mol. The van der Waals surface area contributed by atoms with Crippen molar-refractivity contribution in [3.8, 4) is 11.5 Å². The molecule has 0 aliphatic carbocycles. The average Bonchev–Trinajstić information content (AvgIpc) is 3.10. The number of nitrogens with zero attached hydrogens (tertiary/aromatic N) is 1. The summed E-state index contributed by atoms with van der Waals surface area (Å²) in [7, 11) is 1.55. The van der Waals surface area contributed by atoms with Gasteiger partial charge in [0.25, 0.3) is 11.7 Å². The van der Waals surface area contributed by atoms with Crippen molar-refractivity contribution in [2.45, 2.75) is 39.5 Å². The molecule has 1 saturated heterocycles. The normalized spacial score (nSPS) is 17.1. The molecule has 0 aromatic heterocycles. The van der Waals surface area contributed by atoms with Crippen LogP contribution in [0.25, 0.3) is 5.76 Å². The van der Waals surface area contributed by atoms with Gasteiger partial charge in [0.05, 0.1) is 24.8 Å². The van der Waals surface area contributed by atoms with Gasteiger partial charge in [0.15, 0.2) is 0 Å². The predicted octanol–water partition coefficient (Wildman–Crippen LogP) is 5.55. The fourth-order valence-electron chi connectivity index (χ4n) is 4.31. The molecule has 1 atom stereocenters. The minimum absolute atomic E-state index is 0.0173. The van der Waals surface area contributed by atoms with Crippen LogP contribution in [-0.4, -0.2) is 34.9 Å². The van der Waals surface area contributed by atoms with E-state index in [1.165, 1.54) is 23.1 Å². The van der Waals surface area contributed by atoms with Gasteiger partial charge in [0, 0.05) is 12.1 Å². The minimum Gasteiger partial charge on any atom is -0.507 e. The summed E-state index contributed by atoms with van der Waals surface area (Å²) in [6, 6.07) is 17.5. The van der Waals surface area contributed by atoms with Gasteiger partial charge in [-0.25, -0.2) is 4.39 Å². The molecule has 1 aliphatic rings. The second kappa shape index (κ2) is 10.2. The van der Waals surface area contributed by atoms with Gasteiger partial charge in [-0.05, 0) is 79.9 Å². The number of rotatable bonds is 7. The Morgan fingerprint density at radius 3 is 2.39 bits per heavy atom. The third-order valence-corrected chi connectivity index (χ3v) is 6.03. The van der Waals surface area contributed by atoms with Crippen LogP contribution in [0.5, 0.6) is 11.5 Å². The molecule has 1 fully saturated rings. The molecular weight excluding hydrogens is 461 g/mol. The number of aryl methyl sites for hydroxylation is 1. The van der Waals surface area contributed by atoms with E-state index in [2.05, 4.69) is 0 Å². The van der Waals surface area contributed by atoms with Crippen molar-refractivity contribution in [1.82, 2.24) is 4.90 Å². The second-order valence-corrected chi connectivity index (χ2v) is 8.98. The first kappa shape index (κ1) is 25.0. The van der Waals surface area contributed by atoms with E-state index in [1.807, 2.05) is 19.9 Å². The summed E-state index contributed by atoms with van der Waals surface area (Å²) >= 11 is 0. The Morgan fingerprint density at radius 1 is 1.03 bits per heavy atom. The number of benzene rings is 3. The average molecular weight is 490 g/mol. The Balaban J connectivity index is 1.83. The van der Waals surface area contributed by atoms with Crippen LogP contribution in [0.2, 0.25) is 0 Å². The lowest BCUT2D eigenvalue weighted by atomic mass is 9.94. The zero-order chi connectivity index (χ0) is 26.0. The van der Waals surface area contributed by atoms with Gasteiger partial charge in [-0.2, -0.15) is 0 Å². The molecule has 186 valence electrons. The number of likely N-dealkylation sites (tertiary alicyclic amines) is 1. The van der Waals surface area contributed by atoms with E-state index < -0.39 is 23.5 Å². The van der Waals surface area contributed by atoms with Gasteiger partial charge in [-0.3, -0.25) is 9.59 Å². The number of Topliss-reactive ketones (excluding diaryl/α,β-unsaturated/α-hetero) is 1. The number of ether oxygens (including phenoxy) is 2. The molecule has 36 heavy (non-hydrogen) atoms. The first-order valence-corrected chi connectivity index (χ1v) is 11.6. The molecule has 1 aliphatic heterocycles. The Kier molecular flexibility index (Phi) is 7.10. The summed E-state index contributed by atoms with van der Waals surface area (Å²) in [5, 5.41) is 11.2. The number of carbonyl (C=O) groups excluding carboxylic acids is 2. The molecule has 7 heteroatoms.